The second kappa shape index (κ2) is 10.7. The summed E-state index contributed by atoms with van der Waals surface area (Å²) < 4.78 is 77.9. The largest absolute Gasteiger partial charge is 0.416 e. The molecule has 0 aromatic heterocycles. The topological polar surface area (TPSA) is 30.0 Å². The van der Waals surface area contributed by atoms with Gasteiger partial charge in [-0.2, -0.15) is 26.3 Å². The molecule has 0 amide bonds. The Morgan fingerprint density at radius 1 is 0.611 bits per heavy atom. The van der Waals surface area contributed by atoms with E-state index in [0.717, 1.165) is 24.3 Å². The third-order valence-corrected chi connectivity index (χ3v) is 6.62. The molecule has 0 aliphatic carbocycles. The van der Waals surface area contributed by atoms with Crippen molar-refractivity contribution in [1.29, 1.82) is 0 Å². The second-order valence-corrected chi connectivity index (χ2v) is 9.16. The number of alkyl halides is 6. The molecule has 0 radical (unpaired) electrons. The molecular formula is C25H28F6N4O. The molecule has 5 nitrogen and oxygen atoms in total. The smallest absolute Gasteiger partial charge is 0.369 e. The van der Waals surface area contributed by atoms with Crippen molar-refractivity contribution < 1.29 is 31.1 Å². The van der Waals surface area contributed by atoms with Crippen LogP contribution < -0.4 is 9.80 Å². The van der Waals surface area contributed by atoms with E-state index in [1.165, 1.54) is 12.1 Å². The molecule has 2 saturated heterocycles. The Morgan fingerprint density at radius 3 is 1.31 bits per heavy atom. The molecule has 0 atom stereocenters. The molecule has 0 saturated carbocycles. The number of Topliss-reactive ketones (excluding diaryl/α,β-unsaturated/α-hetero) is 1. The molecule has 36 heavy (non-hydrogen) atoms. The lowest BCUT2D eigenvalue weighted by molar-refractivity contribution is -0.138. The Bertz CT molecular complexity index is 960. The van der Waals surface area contributed by atoms with Gasteiger partial charge in [0.15, 0.2) is 5.78 Å². The summed E-state index contributed by atoms with van der Waals surface area (Å²) in [7, 11) is 0. The second-order valence-electron chi connectivity index (χ2n) is 9.16. The quantitative estimate of drug-likeness (QED) is 0.539. The molecule has 2 aliphatic rings. The minimum absolute atomic E-state index is 0.0510. The van der Waals surface area contributed by atoms with E-state index >= 15 is 0 Å². The van der Waals surface area contributed by atoms with Crippen molar-refractivity contribution in [3.05, 3.63) is 59.7 Å². The monoisotopic (exact) mass is 514 g/mol. The van der Waals surface area contributed by atoms with Gasteiger partial charge in [-0.15, -0.1) is 0 Å². The summed E-state index contributed by atoms with van der Waals surface area (Å²) in [4.78, 5) is 20.4. The first-order valence-corrected chi connectivity index (χ1v) is 11.8. The van der Waals surface area contributed by atoms with Gasteiger partial charge in [-0.05, 0) is 36.4 Å². The molecule has 2 fully saturated rings. The predicted octanol–water partition coefficient (Wildman–Crippen LogP) is 4.24. The number of hydrogen-bond acceptors (Lipinski definition) is 5. The Kier molecular flexibility index (Phi) is 7.79. The van der Waals surface area contributed by atoms with E-state index in [2.05, 4.69) is 0 Å². The van der Waals surface area contributed by atoms with E-state index in [1.54, 1.807) is 12.1 Å². The lowest BCUT2D eigenvalue weighted by atomic mass is 10.1. The molecule has 0 spiro atoms. The number of hydrogen-bond donors (Lipinski definition) is 0. The zero-order valence-corrected chi connectivity index (χ0v) is 19.7. The summed E-state index contributed by atoms with van der Waals surface area (Å²) in [5, 5.41) is 0. The van der Waals surface area contributed by atoms with Gasteiger partial charge in [0.25, 0.3) is 0 Å². The predicted molar refractivity (Wildman–Crippen MR) is 125 cm³/mol. The van der Waals surface area contributed by atoms with Gasteiger partial charge in [-0.3, -0.25) is 14.6 Å². The summed E-state index contributed by atoms with van der Waals surface area (Å²) in [6, 6.07) is 10.5. The number of nitrogens with zero attached hydrogens (tertiary/aromatic N) is 4. The highest BCUT2D eigenvalue weighted by atomic mass is 19.4. The van der Waals surface area contributed by atoms with E-state index < -0.39 is 23.5 Å². The fourth-order valence-corrected chi connectivity index (χ4v) is 4.64. The van der Waals surface area contributed by atoms with Crippen LogP contribution in [-0.4, -0.2) is 81.0 Å². The van der Waals surface area contributed by atoms with Crippen LogP contribution in [0.4, 0.5) is 37.7 Å². The van der Waals surface area contributed by atoms with Gasteiger partial charge in [0.05, 0.1) is 24.2 Å². The zero-order valence-electron chi connectivity index (χ0n) is 19.7. The Hall–Kier alpha value is -2.79. The summed E-state index contributed by atoms with van der Waals surface area (Å²) in [5.41, 5.74) is -0.305. The third kappa shape index (κ3) is 6.70. The van der Waals surface area contributed by atoms with Crippen LogP contribution in [0.1, 0.15) is 11.1 Å². The van der Waals surface area contributed by atoms with Crippen LogP contribution in [-0.2, 0) is 17.1 Å². The maximum Gasteiger partial charge on any atom is 0.416 e. The van der Waals surface area contributed by atoms with E-state index in [-0.39, 0.29) is 18.9 Å². The van der Waals surface area contributed by atoms with Gasteiger partial charge >= 0.3 is 12.4 Å². The number of carbonyl (C=O) groups excluding carboxylic acids is 1. The van der Waals surface area contributed by atoms with Gasteiger partial charge in [0.1, 0.15) is 0 Å². The van der Waals surface area contributed by atoms with Gasteiger partial charge in [0, 0.05) is 63.7 Å². The standard InChI is InChI=1S/C25H28F6N4O/c26-24(27,28)19-3-1-5-21(15-19)34-11-7-32(8-12-34)17-23(36)18-33-9-13-35(14-10-33)22-6-2-4-20(16-22)25(29,30)31/h1-6,15-16H,7-14,17-18H2. The highest BCUT2D eigenvalue weighted by Gasteiger charge is 2.32. The van der Waals surface area contributed by atoms with Gasteiger partial charge in [0.2, 0.25) is 0 Å². The van der Waals surface area contributed by atoms with Crippen molar-refractivity contribution in [2.75, 3.05) is 75.2 Å². The van der Waals surface area contributed by atoms with Crippen molar-refractivity contribution in [1.82, 2.24) is 9.80 Å². The van der Waals surface area contributed by atoms with E-state index in [0.29, 0.717) is 63.7 Å². The SMILES string of the molecule is O=C(CN1CCN(c2cccc(C(F)(F)F)c2)CC1)CN1CCN(c2cccc(C(F)(F)F)c2)CC1. The molecule has 2 aliphatic heterocycles. The average molecular weight is 515 g/mol. The average Bonchev–Trinajstić information content (AvgIpc) is 2.84. The Labute approximate surface area is 205 Å². The van der Waals surface area contributed by atoms with Gasteiger partial charge in [-0.25, -0.2) is 0 Å². The summed E-state index contributed by atoms with van der Waals surface area (Å²) in [5.74, 6) is 0.0510. The Balaban J connectivity index is 1.21. The maximum atomic E-state index is 13.0. The normalized spacial score (nSPS) is 18.5. The Morgan fingerprint density at radius 2 is 0.972 bits per heavy atom. The lowest BCUT2D eigenvalue weighted by Crippen LogP contribution is -2.51. The molecule has 2 heterocycles. The molecule has 2 aromatic rings. The maximum absolute atomic E-state index is 13.0. The third-order valence-electron chi connectivity index (χ3n) is 6.62. The molecule has 0 unspecified atom stereocenters. The number of benzene rings is 2. The minimum atomic E-state index is -4.39. The highest BCUT2D eigenvalue weighted by Crippen LogP contribution is 2.33. The number of carbonyl (C=O) groups is 1. The fraction of sp³-hybridized carbons (Fsp3) is 0.480. The van der Waals surface area contributed by atoms with Crippen LogP contribution >= 0.6 is 0 Å². The van der Waals surface area contributed by atoms with Crippen LogP contribution in [0, 0.1) is 0 Å². The van der Waals surface area contributed by atoms with Crippen molar-refractivity contribution >= 4 is 17.2 Å². The van der Waals surface area contributed by atoms with Crippen LogP contribution in [0.25, 0.3) is 0 Å². The van der Waals surface area contributed by atoms with E-state index in [1.807, 2.05) is 19.6 Å². The molecule has 0 bridgehead atoms. The first-order chi connectivity index (χ1) is 17.0. The summed E-state index contributed by atoms with van der Waals surface area (Å²) in [6.07, 6.45) is -8.77. The number of rotatable bonds is 6. The molecule has 2 aromatic carbocycles. The van der Waals surface area contributed by atoms with E-state index in [4.69, 9.17) is 0 Å². The van der Waals surface area contributed by atoms with Crippen molar-refractivity contribution in [2.45, 2.75) is 12.4 Å². The van der Waals surface area contributed by atoms with E-state index in [9.17, 15) is 31.1 Å². The molecule has 11 heteroatoms. The first-order valence-electron chi connectivity index (χ1n) is 11.8. The van der Waals surface area contributed by atoms with Crippen LogP contribution in [0.5, 0.6) is 0 Å². The fourth-order valence-electron chi connectivity index (χ4n) is 4.64. The number of piperazine rings is 2. The first kappa shape index (κ1) is 26.3. The summed E-state index contributed by atoms with van der Waals surface area (Å²) in [6.45, 7) is 4.96. The lowest BCUT2D eigenvalue weighted by Gasteiger charge is -2.37. The molecule has 196 valence electrons. The van der Waals surface area contributed by atoms with Gasteiger partial charge < -0.3 is 9.80 Å². The van der Waals surface area contributed by atoms with Crippen LogP contribution in [0.15, 0.2) is 48.5 Å². The van der Waals surface area contributed by atoms with Gasteiger partial charge in [-0.1, -0.05) is 12.1 Å². The molecular weight excluding hydrogens is 486 g/mol. The summed E-state index contributed by atoms with van der Waals surface area (Å²) >= 11 is 0. The molecule has 0 N–H and O–H groups in total. The van der Waals surface area contributed by atoms with Crippen molar-refractivity contribution in [3.8, 4) is 0 Å². The van der Waals surface area contributed by atoms with Crippen molar-refractivity contribution in [2.24, 2.45) is 0 Å². The highest BCUT2D eigenvalue weighted by molar-refractivity contribution is 5.82. The number of anilines is 2. The number of ketones is 1. The number of halogens is 6. The van der Waals surface area contributed by atoms with Crippen LogP contribution in [0.3, 0.4) is 0 Å². The van der Waals surface area contributed by atoms with Crippen molar-refractivity contribution in [3.63, 3.8) is 0 Å². The molecule has 4 rings (SSSR count). The van der Waals surface area contributed by atoms with Crippen LogP contribution in [0.2, 0.25) is 0 Å². The zero-order chi connectivity index (χ0) is 25.9. The minimum Gasteiger partial charge on any atom is -0.369 e.